The average Bonchev–Trinajstić information content (AvgIpc) is 3.23. The Morgan fingerprint density at radius 1 is 1.11 bits per heavy atom. The van der Waals surface area contributed by atoms with Gasteiger partial charge < -0.3 is 14.8 Å². The molecule has 1 N–H and O–H groups in total. The van der Waals surface area contributed by atoms with E-state index in [9.17, 15) is 9.59 Å². The van der Waals surface area contributed by atoms with E-state index in [2.05, 4.69) is 10.3 Å². The van der Waals surface area contributed by atoms with Gasteiger partial charge >= 0.3 is 0 Å². The van der Waals surface area contributed by atoms with Gasteiger partial charge in [0.25, 0.3) is 5.91 Å². The van der Waals surface area contributed by atoms with E-state index in [1.54, 1.807) is 24.1 Å². The number of hydrogen-bond donors (Lipinski definition) is 1. The maximum Gasteiger partial charge on any atom is 0.270 e. The summed E-state index contributed by atoms with van der Waals surface area (Å²) < 4.78 is 1.93. The molecule has 3 aromatic rings. The standard InChI is InChI=1S/C21H20N4O2/c1-15(26)25-13-9-18(17-6-2-3-7-20(17)25)23-21(27)19-14-16(8-10-22-19)24-11-4-5-12-24/h2-8,10-12,14,18H,9,13H2,1H3,(H,23,27). The Bertz CT molecular complexity index is 981. The summed E-state index contributed by atoms with van der Waals surface area (Å²) in [5.41, 5.74) is 3.06. The molecule has 0 spiro atoms. The van der Waals surface area contributed by atoms with Crippen LogP contribution in [0.2, 0.25) is 0 Å². The lowest BCUT2D eigenvalue weighted by Crippen LogP contribution is -2.40. The molecule has 136 valence electrons. The fraction of sp³-hybridized carbons (Fsp3) is 0.190. The van der Waals surface area contributed by atoms with E-state index in [0.717, 1.165) is 16.9 Å². The molecule has 1 aliphatic rings. The van der Waals surface area contributed by atoms with Crippen molar-refractivity contribution in [3.8, 4) is 5.69 Å². The molecule has 1 aliphatic heterocycles. The quantitative estimate of drug-likeness (QED) is 0.780. The van der Waals surface area contributed by atoms with Gasteiger partial charge in [0.15, 0.2) is 0 Å². The second-order valence-electron chi connectivity index (χ2n) is 6.53. The van der Waals surface area contributed by atoms with Gasteiger partial charge in [0.2, 0.25) is 5.91 Å². The van der Waals surface area contributed by atoms with Gasteiger partial charge in [-0.15, -0.1) is 0 Å². The molecule has 4 rings (SSSR count). The van der Waals surface area contributed by atoms with Crippen molar-refractivity contribution in [2.24, 2.45) is 0 Å². The lowest BCUT2D eigenvalue weighted by Gasteiger charge is -2.34. The Morgan fingerprint density at radius 2 is 1.89 bits per heavy atom. The van der Waals surface area contributed by atoms with Crippen LogP contribution in [0.15, 0.2) is 67.1 Å². The van der Waals surface area contributed by atoms with E-state index in [4.69, 9.17) is 0 Å². The minimum absolute atomic E-state index is 0.00770. The molecule has 0 fully saturated rings. The van der Waals surface area contributed by atoms with Crippen molar-refractivity contribution < 1.29 is 9.59 Å². The topological polar surface area (TPSA) is 67.2 Å². The van der Waals surface area contributed by atoms with Crippen LogP contribution in [0.5, 0.6) is 0 Å². The number of fused-ring (bicyclic) bond motifs is 1. The minimum Gasteiger partial charge on any atom is -0.344 e. The predicted molar refractivity (Wildman–Crippen MR) is 103 cm³/mol. The van der Waals surface area contributed by atoms with Crippen LogP contribution in [-0.4, -0.2) is 27.9 Å². The van der Waals surface area contributed by atoms with Crippen LogP contribution in [0, 0.1) is 0 Å². The molecule has 27 heavy (non-hydrogen) atoms. The highest BCUT2D eigenvalue weighted by molar-refractivity contribution is 5.95. The summed E-state index contributed by atoms with van der Waals surface area (Å²) in [6, 6.07) is 15.0. The lowest BCUT2D eigenvalue weighted by molar-refractivity contribution is -0.116. The Kier molecular flexibility index (Phi) is 4.46. The number of nitrogens with one attached hydrogen (secondary N) is 1. The fourth-order valence-electron chi connectivity index (χ4n) is 3.48. The number of anilines is 1. The summed E-state index contributed by atoms with van der Waals surface area (Å²) in [5.74, 6) is -0.214. The first kappa shape index (κ1) is 17.0. The molecule has 0 saturated heterocycles. The number of carbonyl (C=O) groups excluding carboxylic acids is 2. The van der Waals surface area contributed by atoms with E-state index in [1.807, 2.05) is 59.4 Å². The molecule has 0 saturated carbocycles. The minimum atomic E-state index is -0.222. The zero-order chi connectivity index (χ0) is 18.8. The van der Waals surface area contributed by atoms with Crippen molar-refractivity contribution in [3.63, 3.8) is 0 Å². The highest BCUT2D eigenvalue weighted by Gasteiger charge is 2.28. The van der Waals surface area contributed by atoms with E-state index in [0.29, 0.717) is 18.7 Å². The van der Waals surface area contributed by atoms with E-state index >= 15 is 0 Å². The molecule has 3 heterocycles. The van der Waals surface area contributed by atoms with E-state index in [1.165, 1.54) is 0 Å². The van der Waals surface area contributed by atoms with E-state index < -0.39 is 0 Å². The Hall–Kier alpha value is -3.41. The van der Waals surface area contributed by atoms with Gasteiger partial charge in [-0.3, -0.25) is 14.6 Å². The predicted octanol–water partition coefficient (Wildman–Crippen LogP) is 3.10. The van der Waals surface area contributed by atoms with Crippen molar-refractivity contribution in [2.75, 3.05) is 11.4 Å². The third-order valence-electron chi connectivity index (χ3n) is 4.81. The second kappa shape index (κ2) is 7.07. The largest absolute Gasteiger partial charge is 0.344 e. The lowest BCUT2D eigenvalue weighted by atomic mass is 9.96. The van der Waals surface area contributed by atoms with Gasteiger partial charge in [-0.05, 0) is 42.3 Å². The number of benzene rings is 1. The number of amides is 2. The summed E-state index contributed by atoms with van der Waals surface area (Å²) in [4.78, 5) is 30.7. The van der Waals surface area contributed by atoms with Crippen molar-refractivity contribution >= 4 is 17.5 Å². The van der Waals surface area contributed by atoms with Crippen molar-refractivity contribution in [2.45, 2.75) is 19.4 Å². The van der Waals surface area contributed by atoms with Crippen LogP contribution in [-0.2, 0) is 4.79 Å². The van der Waals surface area contributed by atoms with Gasteiger partial charge in [0.1, 0.15) is 5.69 Å². The number of rotatable bonds is 3. The van der Waals surface area contributed by atoms with Crippen LogP contribution in [0.1, 0.15) is 35.4 Å². The summed E-state index contributed by atoms with van der Waals surface area (Å²) in [7, 11) is 0. The Balaban J connectivity index is 1.58. The first-order valence-electron chi connectivity index (χ1n) is 8.91. The molecule has 0 bridgehead atoms. The molecule has 6 heteroatoms. The molecule has 1 atom stereocenters. The van der Waals surface area contributed by atoms with Crippen molar-refractivity contribution in [1.82, 2.24) is 14.9 Å². The molecule has 6 nitrogen and oxygen atoms in total. The summed E-state index contributed by atoms with van der Waals surface area (Å²) >= 11 is 0. The zero-order valence-electron chi connectivity index (χ0n) is 15.0. The third-order valence-corrected chi connectivity index (χ3v) is 4.81. The summed E-state index contributed by atoms with van der Waals surface area (Å²) in [5, 5.41) is 3.07. The molecular formula is C21H20N4O2. The van der Waals surface area contributed by atoms with Gasteiger partial charge in [-0.1, -0.05) is 18.2 Å². The van der Waals surface area contributed by atoms with Crippen LogP contribution in [0.3, 0.4) is 0 Å². The van der Waals surface area contributed by atoms with Crippen molar-refractivity contribution in [3.05, 3.63) is 78.4 Å². The summed E-state index contributed by atoms with van der Waals surface area (Å²) in [6.07, 6.45) is 6.14. The molecular weight excluding hydrogens is 340 g/mol. The first-order valence-corrected chi connectivity index (χ1v) is 8.91. The second-order valence-corrected chi connectivity index (χ2v) is 6.53. The first-order chi connectivity index (χ1) is 13.1. The fourth-order valence-corrected chi connectivity index (χ4v) is 3.48. The molecule has 2 amide bonds. The van der Waals surface area contributed by atoms with Crippen LogP contribution in [0.25, 0.3) is 5.69 Å². The number of para-hydroxylation sites is 1. The maximum absolute atomic E-state index is 12.8. The van der Waals surface area contributed by atoms with Gasteiger partial charge in [0, 0.05) is 43.4 Å². The monoisotopic (exact) mass is 360 g/mol. The molecule has 2 aromatic heterocycles. The van der Waals surface area contributed by atoms with Crippen molar-refractivity contribution in [1.29, 1.82) is 0 Å². The number of carbonyl (C=O) groups is 2. The maximum atomic E-state index is 12.8. The van der Waals surface area contributed by atoms with Crippen LogP contribution < -0.4 is 10.2 Å². The SMILES string of the molecule is CC(=O)N1CCC(NC(=O)c2cc(-n3cccc3)ccn2)c2ccccc21. The van der Waals surface area contributed by atoms with Crippen LogP contribution in [0.4, 0.5) is 5.69 Å². The van der Waals surface area contributed by atoms with Gasteiger partial charge in [-0.2, -0.15) is 0 Å². The van der Waals surface area contributed by atoms with E-state index in [-0.39, 0.29) is 17.9 Å². The summed E-state index contributed by atoms with van der Waals surface area (Å²) in [6.45, 7) is 2.14. The normalized spacial score (nSPS) is 15.9. The molecule has 0 aliphatic carbocycles. The zero-order valence-corrected chi connectivity index (χ0v) is 15.0. The molecule has 0 radical (unpaired) electrons. The third kappa shape index (κ3) is 3.33. The molecule has 1 aromatic carbocycles. The number of aromatic nitrogens is 2. The average molecular weight is 360 g/mol. The number of nitrogens with zero attached hydrogens (tertiary/aromatic N) is 3. The number of pyridine rings is 1. The highest BCUT2D eigenvalue weighted by Crippen LogP contribution is 2.33. The Labute approximate surface area is 157 Å². The smallest absolute Gasteiger partial charge is 0.270 e. The molecule has 1 unspecified atom stereocenters. The van der Waals surface area contributed by atoms with Gasteiger partial charge in [-0.25, -0.2) is 0 Å². The highest BCUT2D eigenvalue weighted by atomic mass is 16.2. The van der Waals surface area contributed by atoms with Gasteiger partial charge in [0.05, 0.1) is 6.04 Å². The van der Waals surface area contributed by atoms with Crippen LogP contribution >= 0.6 is 0 Å². The Morgan fingerprint density at radius 3 is 2.67 bits per heavy atom. The number of hydrogen-bond acceptors (Lipinski definition) is 3.